The molecule has 3 unspecified atom stereocenters. The second-order valence-corrected chi connectivity index (χ2v) is 4.05. The number of hydrogen-bond acceptors (Lipinski definition) is 1. The van der Waals surface area contributed by atoms with Crippen molar-refractivity contribution >= 4 is 20.5 Å². The van der Waals surface area contributed by atoms with Crippen LogP contribution in [0.4, 0.5) is 0 Å². The molecule has 0 radical (unpaired) electrons. The molecule has 0 aromatic heterocycles. The van der Waals surface area contributed by atoms with Gasteiger partial charge in [0.25, 0.3) is 0 Å². The van der Waals surface area contributed by atoms with E-state index in [0.29, 0.717) is 0 Å². The maximum atomic E-state index is 4.37. The van der Waals surface area contributed by atoms with E-state index >= 15 is 0 Å². The van der Waals surface area contributed by atoms with Gasteiger partial charge in [-0.2, -0.15) is 12.6 Å². The monoisotopic (exact) mass is 156 g/mol. The SMILES string of the molecule is BC1CC(CC)C(CS)C1. The molecule has 10 heavy (non-hydrogen) atoms. The largest absolute Gasteiger partial charge is 0.179 e. The standard InChI is InChI=1S/C8H17BS/c1-2-6-3-8(9)4-7(6)5-10/h6-8,10H,2-5,9H2,1H3. The summed E-state index contributed by atoms with van der Waals surface area (Å²) in [7, 11) is 2.37. The number of hydrogen-bond donors (Lipinski definition) is 1. The van der Waals surface area contributed by atoms with Gasteiger partial charge < -0.3 is 0 Å². The second kappa shape index (κ2) is 3.70. The smallest absolute Gasteiger partial charge is 0.105 e. The van der Waals surface area contributed by atoms with E-state index in [9.17, 15) is 0 Å². The van der Waals surface area contributed by atoms with Crippen LogP contribution in [-0.4, -0.2) is 13.6 Å². The van der Waals surface area contributed by atoms with E-state index in [4.69, 9.17) is 0 Å². The van der Waals surface area contributed by atoms with E-state index in [-0.39, 0.29) is 0 Å². The third kappa shape index (κ3) is 1.72. The second-order valence-electron chi connectivity index (χ2n) is 3.69. The molecule has 0 nitrogen and oxygen atoms in total. The van der Waals surface area contributed by atoms with E-state index in [1.807, 2.05) is 0 Å². The quantitative estimate of drug-likeness (QED) is 0.457. The molecule has 1 aliphatic carbocycles. The first kappa shape index (κ1) is 8.51. The highest BCUT2D eigenvalue weighted by Gasteiger charge is 2.28. The molecule has 0 saturated heterocycles. The first-order valence-electron chi connectivity index (χ1n) is 4.38. The van der Waals surface area contributed by atoms with Crippen molar-refractivity contribution in [3.63, 3.8) is 0 Å². The lowest BCUT2D eigenvalue weighted by Crippen LogP contribution is -2.07. The van der Waals surface area contributed by atoms with Crippen LogP contribution in [0.25, 0.3) is 0 Å². The van der Waals surface area contributed by atoms with Crippen LogP contribution in [0.15, 0.2) is 0 Å². The summed E-state index contributed by atoms with van der Waals surface area (Å²) in [5, 5.41) is 0. The summed E-state index contributed by atoms with van der Waals surface area (Å²) in [6.45, 7) is 2.30. The molecule has 58 valence electrons. The summed E-state index contributed by atoms with van der Waals surface area (Å²) < 4.78 is 0. The summed E-state index contributed by atoms with van der Waals surface area (Å²) in [5.41, 5.74) is 0. The zero-order chi connectivity index (χ0) is 7.56. The van der Waals surface area contributed by atoms with Gasteiger partial charge in [0.1, 0.15) is 7.85 Å². The molecule has 0 aromatic carbocycles. The normalized spacial score (nSPS) is 40.4. The van der Waals surface area contributed by atoms with E-state index in [1.54, 1.807) is 0 Å². The lowest BCUT2D eigenvalue weighted by Gasteiger charge is -2.13. The minimum Gasteiger partial charge on any atom is -0.179 e. The van der Waals surface area contributed by atoms with Gasteiger partial charge in [0, 0.05) is 0 Å². The Morgan fingerprint density at radius 3 is 2.40 bits per heavy atom. The molecule has 1 saturated carbocycles. The third-order valence-corrected chi connectivity index (χ3v) is 3.30. The number of thiol groups is 1. The molecule has 3 atom stereocenters. The van der Waals surface area contributed by atoms with Crippen molar-refractivity contribution < 1.29 is 0 Å². The fraction of sp³-hybridized carbons (Fsp3) is 1.00. The van der Waals surface area contributed by atoms with Crippen molar-refractivity contribution in [2.24, 2.45) is 11.8 Å². The predicted molar refractivity (Wildman–Crippen MR) is 52.7 cm³/mol. The summed E-state index contributed by atoms with van der Waals surface area (Å²) >= 11 is 4.37. The van der Waals surface area contributed by atoms with Crippen LogP contribution >= 0.6 is 12.6 Å². The Balaban J connectivity index is 2.41. The molecule has 0 aromatic rings. The first-order valence-corrected chi connectivity index (χ1v) is 5.02. The van der Waals surface area contributed by atoms with Gasteiger partial charge in [-0.1, -0.05) is 32.0 Å². The van der Waals surface area contributed by atoms with Gasteiger partial charge in [-0.05, 0) is 17.6 Å². The maximum Gasteiger partial charge on any atom is 0.105 e. The Morgan fingerprint density at radius 1 is 1.40 bits per heavy atom. The topological polar surface area (TPSA) is 0 Å². The van der Waals surface area contributed by atoms with Crippen LogP contribution in [0.1, 0.15) is 26.2 Å². The van der Waals surface area contributed by atoms with Crippen LogP contribution in [0, 0.1) is 11.8 Å². The van der Waals surface area contributed by atoms with Crippen LogP contribution in [0.2, 0.25) is 5.82 Å². The van der Waals surface area contributed by atoms with Crippen LogP contribution in [0.3, 0.4) is 0 Å². The molecule has 0 amide bonds. The lowest BCUT2D eigenvalue weighted by atomic mass is 9.85. The van der Waals surface area contributed by atoms with Gasteiger partial charge in [-0.25, -0.2) is 0 Å². The Kier molecular flexibility index (Phi) is 3.15. The molecular formula is C8H17BS. The molecule has 0 heterocycles. The minimum absolute atomic E-state index is 0.920. The molecule has 0 bridgehead atoms. The van der Waals surface area contributed by atoms with Gasteiger partial charge in [-0.3, -0.25) is 0 Å². The summed E-state index contributed by atoms with van der Waals surface area (Å²) in [4.78, 5) is 0. The van der Waals surface area contributed by atoms with Gasteiger partial charge in [0.15, 0.2) is 0 Å². The fourth-order valence-electron chi connectivity index (χ4n) is 2.24. The summed E-state index contributed by atoms with van der Waals surface area (Å²) in [6.07, 6.45) is 4.22. The average molecular weight is 156 g/mol. The van der Waals surface area contributed by atoms with Crippen LogP contribution in [-0.2, 0) is 0 Å². The van der Waals surface area contributed by atoms with Gasteiger partial charge in [-0.15, -0.1) is 0 Å². The zero-order valence-corrected chi connectivity index (χ0v) is 7.90. The van der Waals surface area contributed by atoms with E-state index < -0.39 is 0 Å². The van der Waals surface area contributed by atoms with Crippen molar-refractivity contribution in [2.45, 2.75) is 32.0 Å². The van der Waals surface area contributed by atoms with Crippen LogP contribution in [0.5, 0.6) is 0 Å². The lowest BCUT2D eigenvalue weighted by molar-refractivity contribution is 0.414. The molecule has 1 rings (SSSR count). The zero-order valence-electron chi connectivity index (χ0n) is 7.01. The van der Waals surface area contributed by atoms with E-state index in [2.05, 4.69) is 27.4 Å². The molecule has 2 heteroatoms. The van der Waals surface area contributed by atoms with Gasteiger partial charge in [0.05, 0.1) is 0 Å². The molecule has 0 spiro atoms. The Bertz CT molecular complexity index is 93.4. The van der Waals surface area contributed by atoms with Crippen molar-refractivity contribution in [1.29, 1.82) is 0 Å². The third-order valence-electron chi connectivity index (χ3n) is 2.84. The van der Waals surface area contributed by atoms with Crippen molar-refractivity contribution in [3.05, 3.63) is 0 Å². The van der Waals surface area contributed by atoms with Crippen LogP contribution < -0.4 is 0 Å². The molecule has 0 aliphatic heterocycles. The van der Waals surface area contributed by atoms with Crippen molar-refractivity contribution in [3.8, 4) is 0 Å². The fourth-order valence-corrected chi connectivity index (χ4v) is 2.69. The Morgan fingerprint density at radius 2 is 2.00 bits per heavy atom. The van der Waals surface area contributed by atoms with E-state index in [1.165, 1.54) is 19.3 Å². The van der Waals surface area contributed by atoms with Crippen molar-refractivity contribution in [2.75, 3.05) is 5.75 Å². The minimum atomic E-state index is 0.920. The van der Waals surface area contributed by atoms with Gasteiger partial charge in [0.2, 0.25) is 0 Å². The Hall–Kier alpha value is 0.415. The highest BCUT2D eigenvalue weighted by atomic mass is 32.1. The maximum absolute atomic E-state index is 4.37. The molecular weight excluding hydrogens is 139 g/mol. The Labute approximate surface area is 70.6 Å². The first-order chi connectivity index (χ1) is 4.77. The molecule has 0 N–H and O–H groups in total. The summed E-state index contributed by atoms with van der Waals surface area (Å²) in [6, 6.07) is 0. The predicted octanol–water partition coefficient (Wildman–Crippen LogP) is 1.77. The molecule has 1 fully saturated rings. The van der Waals surface area contributed by atoms with Gasteiger partial charge >= 0.3 is 0 Å². The summed E-state index contributed by atoms with van der Waals surface area (Å²) in [5.74, 6) is 3.96. The highest BCUT2D eigenvalue weighted by Crippen LogP contribution is 2.40. The van der Waals surface area contributed by atoms with E-state index in [0.717, 1.165) is 23.4 Å². The number of rotatable bonds is 2. The molecule has 1 aliphatic rings. The average Bonchev–Trinajstić information content (AvgIpc) is 2.30. The van der Waals surface area contributed by atoms with Crippen molar-refractivity contribution in [1.82, 2.24) is 0 Å². The highest BCUT2D eigenvalue weighted by molar-refractivity contribution is 7.80.